The minimum atomic E-state index is 0.921. The first-order chi connectivity index (χ1) is 9.72. The Morgan fingerprint density at radius 3 is 2.35 bits per heavy atom. The summed E-state index contributed by atoms with van der Waals surface area (Å²) in [5.41, 5.74) is 5.29. The summed E-state index contributed by atoms with van der Waals surface area (Å²) < 4.78 is 0. The van der Waals surface area contributed by atoms with E-state index < -0.39 is 0 Å². The second-order valence-corrected chi connectivity index (χ2v) is 5.20. The number of nitrogens with zero attached hydrogens (tertiary/aromatic N) is 1. The van der Waals surface area contributed by atoms with E-state index in [4.69, 9.17) is 0 Å². The first-order valence-corrected chi connectivity index (χ1v) is 7.27. The van der Waals surface area contributed by atoms with Crippen LogP contribution in [0.2, 0.25) is 0 Å². The van der Waals surface area contributed by atoms with Crippen LogP contribution in [0.25, 0.3) is 0 Å². The molecule has 1 N–H and O–H groups in total. The second kappa shape index (κ2) is 7.11. The first kappa shape index (κ1) is 14.6. The Morgan fingerprint density at radius 2 is 1.70 bits per heavy atom. The van der Waals surface area contributed by atoms with E-state index in [0.717, 1.165) is 19.6 Å². The summed E-state index contributed by atoms with van der Waals surface area (Å²) in [5, 5.41) is 3.20. The number of nitrogens with one attached hydrogen (secondary N) is 1. The molecule has 0 spiro atoms. The number of hydrogen-bond donors (Lipinski definition) is 1. The molecule has 106 valence electrons. The van der Waals surface area contributed by atoms with Crippen molar-refractivity contribution in [2.24, 2.45) is 0 Å². The van der Waals surface area contributed by atoms with Crippen molar-refractivity contribution in [3.05, 3.63) is 65.2 Å². The number of benzene rings is 2. The molecule has 0 amide bonds. The zero-order valence-electron chi connectivity index (χ0n) is 12.7. The van der Waals surface area contributed by atoms with Crippen LogP contribution in [0.3, 0.4) is 0 Å². The summed E-state index contributed by atoms with van der Waals surface area (Å²) in [6, 6.07) is 17.6. The van der Waals surface area contributed by atoms with Gasteiger partial charge in [0.05, 0.1) is 0 Å². The fraction of sp³-hybridized carbons (Fsp3) is 0.333. The molecule has 2 aromatic rings. The lowest BCUT2D eigenvalue weighted by Crippen LogP contribution is -2.22. The third-order valence-electron chi connectivity index (χ3n) is 3.53. The Kier molecular flexibility index (Phi) is 5.19. The summed E-state index contributed by atoms with van der Waals surface area (Å²) in [6.45, 7) is 7.22. The molecule has 0 aliphatic heterocycles. The highest BCUT2D eigenvalue weighted by Gasteiger charge is 2.05. The molecule has 2 heteroatoms. The Hall–Kier alpha value is -1.80. The standard InChI is InChI=1S/C18H24N2/c1-4-20(18-10-8-15(2)9-11-18)14-17-7-5-6-16(12-17)13-19-3/h5-12,19H,4,13-14H2,1-3H3. The first-order valence-electron chi connectivity index (χ1n) is 7.27. The van der Waals surface area contributed by atoms with Crippen molar-refractivity contribution in [3.63, 3.8) is 0 Å². The van der Waals surface area contributed by atoms with E-state index in [1.165, 1.54) is 22.4 Å². The molecule has 0 saturated carbocycles. The molecule has 0 radical (unpaired) electrons. The van der Waals surface area contributed by atoms with Crippen LogP contribution in [0.15, 0.2) is 48.5 Å². The van der Waals surface area contributed by atoms with Gasteiger partial charge in [-0.25, -0.2) is 0 Å². The highest BCUT2D eigenvalue weighted by molar-refractivity contribution is 5.48. The molecule has 0 aliphatic rings. The summed E-state index contributed by atoms with van der Waals surface area (Å²) in [6.07, 6.45) is 0. The highest BCUT2D eigenvalue weighted by Crippen LogP contribution is 2.18. The monoisotopic (exact) mass is 268 g/mol. The van der Waals surface area contributed by atoms with Gasteiger partial charge in [-0.05, 0) is 44.2 Å². The van der Waals surface area contributed by atoms with E-state index in [-0.39, 0.29) is 0 Å². The van der Waals surface area contributed by atoms with Gasteiger partial charge in [-0.3, -0.25) is 0 Å². The Balaban J connectivity index is 2.13. The zero-order valence-corrected chi connectivity index (χ0v) is 12.7. The van der Waals surface area contributed by atoms with Crippen molar-refractivity contribution in [2.75, 3.05) is 18.5 Å². The van der Waals surface area contributed by atoms with Crippen molar-refractivity contribution in [1.29, 1.82) is 0 Å². The maximum Gasteiger partial charge on any atom is 0.0429 e. The normalized spacial score (nSPS) is 10.6. The Bertz CT molecular complexity index is 531. The van der Waals surface area contributed by atoms with Crippen molar-refractivity contribution in [1.82, 2.24) is 5.32 Å². The Labute approximate surface area is 122 Å². The molecule has 2 nitrogen and oxygen atoms in total. The predicted molar refractivity (Wildman–Crippen MR) is 87.1 cm³/mol. The molecule has 2 rings (SSSR count). The van der Waals surface area contributed by atoms with Gasteiger partial charge in [-0.15, -0.1) is 0 Å². The Morgan fingerprint density at radius 1 is 1.00 bits per heavy atom. The quantitative estimate of drug-likeness (QED) is 0.858. The summed E-state index contributed by atoms with van der Waals surface area (Å²) in [7, 11) is 1.98. The van der Waals surface area contributed by atoms with Crippen LogP contribution in [0.5, 0.6) is 0 Å². The molecule has 0 fully saturated rings. The number of anilines is 1. The van der Waals surface area contributed by atoms with Gasteiger partial charge in [0, 0.05) is 25.3 Å². The SMILES string of the molecule is CCN(Cc1cccc(CNC)c1)c1ccc(C)cc1. The molecule has 20 heavy (non-hydrogen) atoms. The summed E-state index contributed by atoms with van der Waals surface area (Å²) in [5.74, 6) is 0. The number of rotatable bonds is 6. The van der Waals surface area contributed by atoms with Gasteiger partial charge in [0.15, 0.2) is 0 Å². The van der Waals surface area contributed by atoms with Crippen LogP contribution >= 0.6 is 0 Å². The third kappa shape index (κ3) is 3.84. The van der Waals surface area contributed by atoms with Crippen LogP contribution in [0.1, 0.15) is 23.6 Å². The van der Waals surface area contributed by atoms with Gasteiger partial charge >= 0.3 is 0 Å². The minimum absolute atomic E-state index is 0.921. The van der Waals surface area contributed by atoms with Crippen LogP contribution in [0, 0.1) is 6.92 Å². The summed E-state index contributed by atoms with van der Waals surface area (Å²) in [4.78, 5) is 2.40. The smallest absolute Gasteiger partial charge is 0.0429 e. The molecule has 0 heterocycles. The third-order valence-corrected chi connectivity index (χ3v) is 3.53. The average Bonchev–Trinajstić information content (AvgIpc) is 2.47. The van der Waals surface area contributed by atoms with Gasteiger partial charge in [0.1, 0.15) is 0 Å². The van der Waals surface area contributed by atoms with E-state index in [9.17, 15) is 0 Å². The van der Waals surface area contributed by atoms with Gasteiger partial charge < -0.3 is 10.2 Å². The summed E-state index contributed by atoms with van der Waals surface area (Å²) >= 11 is 0. The minimum Gasteiger partial charge on any atom is -0.367 e. The van der Waals surface area contributed by atoms with Crippen molar-refractivity contribution >= 4 is 5.69 Å². The van der Waals surface area contributed by atoms with Gasteiger partial charge in [0.25, 0.3) is 0 Å². The molecular formula is C18H24N2. The van der Waals surface area contributed by atoms with Gasteiger partial charge in [-0.2, -0.15) is 0 Å². The van der Waals surface area contributed by atoms with E-state index >= 15 is 0 Å². The van der Waals surface area contributed by atoms with Crippen molar-refractivity contribution in [3.8, 4) is 0 Å². The lowest BCUT2D eigenvalue weighted by Gasteiger charge is -2.23. The van der Waals surface area contributed by atoms with E-state index in [1.807, 2.05) is 7.05 Å². The van der Waals surface area contributed by atoms with Crippen LogP contribution in [-0.2, 0) is 13.1 Å². The second-order valence-electron chi connectivity index (χ2n) is 5.20. The number of hydrogen-bond acceptors (Lipinski definition) is 2. The van der Waals surface area contributed by atoms with E-state index in [0.29, 0.717) is 0 Å². The topological polar surface area (TPSA) is 15.3 Å². The van der Waals surface area contributed by atoms with Crippen LogP contribution < -0.4 is 10.2 Å². The molecular weight excluding hydrogens is 244 g/mol. The van der Waals surface area contributed by atoms with E-state index in [1.54, 1.807) is 0 Å². The van der Waals surface area contributed by atoms with Crippen molar-refractivity contribution < 1.29 is 0 Å². The fourth-order valence-electron chi connectivity index (χ4n) is 2.40. The van der Waals surface area contributed by atoms with Crippen LogP contribution in [0.4, 0.5) is 5.69 Å². The lowest BCUT2D eigenvalue weighted by atomic mass is 10.1. The fourth-order valence-corrected chi connectivity index (χ4v) is 2.40. The van der Waals surface area contributed by atoms with Crippen LogP contribution in [-0.4, -0.2) is 13.6 Å². The maximum atomic E-state index is 3.20. The molecule has 0 aromatic heterocycles. The molecule has 0 bridgehead atoms. The van der Waals surface area contributed by atoms with E-state index in [2.05, 4.69) is 72.6 Å². The highest BCUT2D eigenvalue weighted by atomic mass is 15.1. The van der Waals surface area contributed by atoms with Crippen molar-refractivity contribution in [2.45, 2.75) is 26.9 Å². The maximum absolute atomic E-state index is 3.20. The lowest BCUT2D eigenvalue weighted by molar-refractivity contribution is 0.805. The number of aryl methyl sites for hydroxylation is 1. The largest absolute Gasteiger partial charge is 0.367 e. The molecule has 0 unspecified atom stereocenters. The molecule has 2 aromatic carbocycles. The zero-order chi connectivity index (χ0) is 14.4. The molecule has 0 atom stereocenters. The predicted octanol–water partition coefficient (Wildman–Crippen LogP) is 3.74. The van der Waals surface area contributed by atoms with Gasteiger partial charge in [-0.1, -0.05) is 42.0 Å². The average molecular weight is 268 g/mol. The molecule has 0 saturated heterocycles. The van der Waals surface area contributed by atoms with Gasteiger partial charge in [0.2, 0.25) is 0 Å². The molecule has 0 aliphatic carbocycles.